The second-order valence-corrected chi connectivity index (χ2v) is 9.48. The largest absolute Gasteiger partial charge is 0.493 e. The van der Waals surface area contributed by atoms with Gasteiger partial charge in [0.2, 0.25) is 5.75 Å². The summed E-state index contributed by atoms with van der Waals surface area (Å²) in [6.45, 7) is 0.121. The maximum absolute atomic E-state index is 12.9. The number of methoxy groups -OCH3 is 1. The van der Waals surface area contributed by atoms with Crippen LogP contribution in [0.5, 0.6) is 17.2 Å². The first-order chi connectivity index (χ1) is 17.7. The Labute approximate surface area is 222 Å². The van der Waals surface area contributed by atoms with E-state index < -0.39 is 32.4 Å². The zero-order chi connectivity index (χ0) is 26.7. The number of amides is 2. The summed E-state index contributed by atoms with van der Waals surface area (Å²) in [6.07, 6.45) is 1.50. The number of rotatable bonds is 8. The molecule has 1 saturated heterocycles. The molecule has 0 N–H and O–H groups in total. The highest BCUT2D eigenvalue weighted by atomic mass is 79.9. The fourth-order valence-corrected chi connectivity index (χ4v) is 4.49. The predicted octanol–water partition coefficient (Wildman–Crippen LogP) is 6.30. The topological polar surface area (TPSA) is 142 Å². The van der Waals surface area contributed by atoms with Crippen molar-refractivity contribution in [3.8, 4) is 17.2 Å². The Morgan fingerprint density at radius 1 is 0.946 bits per heavy atom. The van der Waals surface area contributed by atoms with Crippen molar-refractivity contribution in [3.05, 3.63) is 101 Å². The van der Waals surface area contributed by atoms with E-state index in [1.54, 1.807) is 6.07 Å². The third kappa shape index (κ3) is 5.78. The highest BCUT2D eigenvalue weighted by molar-refractivity contribution is 9.10. The monoisotopic (exact) mass is 585 g/mol. The Bertz CT molecular complexity index is 1460. The molecule has 13 heteroatoms. The number of ether oxygens (including phenoxy) is 2. The summed E-state index contributed by atoms with van der Waals surface area (Å²) in [7, 11) is 1.37. The van der Waals surface area contributed by atoms with Crippen molar-refractivity contribution in [3.63, 3.8) is 0 Å². The van der Waals surface area contributed by atoms with Crippen LogP contribution in [0.15, 0.2) is 70.0 Å². The minimum absolute atomic E-state index is 0.0716. The van der Waals surface area contributed by atoms with Gasteiger partial charge in [0.15, 0.2) is 11.5 Å². The average molecular weight is 586 g/mol. The number of thioether (sulfide) groups is 1. The summed E-state index contributed by atoms with van der Waals surface area (Å²) in [4.78, 5) is 47.7. The van der Waals surface area contributed by atoms with Crippen molar-refractivity contribution in [1.29, 1.82) is 0 Å². The lowest BCUT2D eigenvalue weighted by molar-refractivity contribution is -0.394. The van der Waals surface area contributed by atoms with Gasteiger partial charge in [-0.2, -0.15) is 0 Å². The SMILES string of the molecule is COc1ccc(/C=C2\SC(=O)N(Cc3ccc(Br)cc3)C2=O)cc1Oc1ccc([N+](=O)[O-])cc1[N+](=O)[O-]. The maximum atomic E-state index is 12.9. The number of hydrogen-bond acceptors (Lipinski definition) is 9. The van der Waals surface area contributed by atoms with E-state index in [2.05, 4.69) is 15.9 Å². The molecule has 0 spiro atoms. The van der Waals surface area contributed by atoms with Gasteiger partial charge >= 0.3 is 5.69 Å². The molecule has 1 fully saturated rings. The molecular formula is C24H16BrN3O8S. The van der Waals surface area contributed by atoms with Crippen LogP contribution >= 0.6 is 27.7 Å². The molecule has 0 saturated carbocycles. The molecule has 188 valence electrons. The first kappa shape index (κ1) is 25.9. The van der Waals surface area contributed by atoms with Crippen molar-refractivity contribution < 1.29 is 28.9 Å². The van der Waals surface area contributed by atoms with E-state index in [1.807, 2.05) is 24.3 Å². The van der Waals surface area contributed by atoms with Gasteiger partial charge in [-0.25, -0.2) is 0 Å². The molecule has 0 atom stereocenters. The third-order valence-corrected chi connectivity index (χ3v) is 6.62. The summed E-state index contributed by atoms with van der Waals surface area (Å²) in [5, 5.41) is 22.1. The lowest BCUT2D eigenvalue weighted by Crippen LogP contribution is -2.27. The summed E-state index contributed by atoms with van der Waals surface area (Å²) < 4.78 is 11.8. The van der Waals surface area contributed by atoms with Gasteiger partial charge in [0.05, 0.1) is 34.5 Å². The maximum Gasteiger partial charge on any atom is 0.318 e. The zero-order valence-corrected chi connectivity index (χ0v) is 21.4. The molecule has 2 amide bonds. The molecule has 11 nitrogen and oxygen atoms in total. The Kier molecular flexibility index (Phi) is 7.55. The van der Waals surface area contributed by atoms with E-state index in [0.717, 1.165) is 44.9 Å². The van der Waals surface area contributed by atoms with Gasteiger partial charge in [-0.1, -0.05) is 34.1 Å². The van der Waals surface area contributed by atoms with Crippen molar-refractivity contribution >= 4 is 56.3 Å². The molecule has 3 aromatic carbocycles. The first-order valence-electron chi connectivity index (χ1n) is 10.4. The summed E-state index contributed by atoms with van der Waals surface area (Å²) >= 11 is 4.14. The van der Waals surface area contributed by atoms with Gasteiger partial charge in [0, 0.05) is 10.5 Å². The summed E-state index contributed by atoms with van der Waals surface area (Å²) in [5.41, 5.74) is 0.195. The number of nitrogens with zero attached hydrogens (tertiary/aromatic N) is 3. The average Bonchev–Trinajstić information content (AvgIpc) is 3.12. The minimum Gasteiger partial charge on any atom is -0.493 e. The third-order valence-electron chi connectivity index (χ3n) is 5.18. The smallest absolute Gasteiger partial charge is 0.318 e. The summed E-state index contributed by atoms with van der Waals surface area (Å²) in [5.74, 6) is -0.390. The van der Waals surface area contributed by atoms with Crippen LogP contribution in [0, 0.1) is 20.2 Å². The predicted molar refractivity (Wildman–Crippen MR) is 138 cm³/mol. The van der Waals surface area contributed by atoms with E-state index in [0.29, 0.717) is 5.56 Å². The van der Waals surface area contributed by atoms with E-state index in [4.69, 9.17) is 9.47 Å². The Balaban J connectivity index is 1.61. The van der Waals surface area contributed by atoms with Gasteiger partial charge in [-0.15, -0.1) is 0 Å². The van der Waals surface area contributed by atoms with Crippen LogP contribution in [0.3, 0.4) is 0 Å². The fraction of sp³-hybridized carbons (Fsp3) is 0.0833. The molecule has 0 aromatic heterocycles. The molecule has 37 heavy (non-hydrogen) atoms. The Hall–Kier alpha value is -4.23. The minimum atomic E-state index is -0.792. The quantitative estimate of drug-likeness (QED) is 0.169. The number of benzene rings is 3. The number of carbonyl (C=O) groups excluding carboxylic acids is 2. The molecule has 0 radical (unpaired) electrons. The van der Waals surface area contributed by atoms with Gasteiger partial charge in [-0.05, 0) is 59.3 Å². The second-order valence-electron chi connectivity index (χ2n) is 7.57. The van der Waals surface area contributed by atoms with Gasteiger partial charge < -0.3 is 9.47 Å². The molecule has 3 aromatic rings. The molecule has 4 rings (SSSR count). The highest BCUT2D eigenvalue weighted by Crippen LogP contribution is 2.40. The van der Waals surface area contributed by atoms with Gasteiger partial charge in [0.1, 0.15) is 0 Å². The number of imide groups is 1. The van der Waals surface area contributed by atoms with Crippen LogP contribution < -0.4 is 9.47 Å². The van der Waals surface area contributed by atoms with Crippen LogP contribution in [0.25, 0.3) is 6.08 Å². The molecule has 0 unspecified atom stereocenters. The van der Waals surface area contributed by atoms with Crippen LogP contribution in [-0.2, 0) is 11.3 Å². The van der Waals surface area contributed by atoms with Crippen LogP contribution in [0.4, 0.5) is 16.2 Å². The fourth-order valence-electron chi connectivity index (χ4n) is 3.39. The van der Waals surface area contributed by atoms with Gasteiger partial charge in [-0.3, -0.25) is 34.7 Å². The Morgan fingerprint density at radius 3 is 2.30 bits per heavy atom. The number of carbonyl (C=O) groups is 2. The normalized spacial score (nSPS) is 14.2. The van der Waals surface area contributed by atoms with Crippen LogP contribution in [0.1, 0.15) is 11.1 Å². The Morgan fingerprint density at radius 2 is 1.65 bits per heavy atom. The van der Waals surface area contributed by atoms with Crippen LogP contribution in [-0.4, -0.2) is 33.0 Å². The van der Waals surface area contributed by atoms with Crippen molar-refractivity contribution in [2.45, 2.75) is 6.54 Å². The molecule has 1 aliphatic heterocycles. The molecule has 1 aliphatic rings. The molecular weight excluding hydrogens is 570 g/mol. The van der Waals surface area contributed by atoms with Crippen molar-refractivity contribution in [2.75, 3.05) is 7.11 Å². The number of nitro groups is 2. The molecule has 0 aliphatic carbocycles. The summed E-state index contributed by atoms with van der Waals surface area (Å²) in [6, 6.07) is 14.9. The second kappa shape index (κ2) is 10.8. The van der Waals surface area contributed by atoms with Crippen molar-refractivity contribution in [2.24, 2.45) is 0 Å². The van der Waals surface area contributed by atoms with Gasteiger partial charge in [0.25, 0.3) is 16.8 Å². The first-order valence-corrected chi connectivity index (χ1v) is 12.1. The van der Waals surface area contributed by atoms with Crippen molar-refractivity contribution in [1.82, 2.24) is 4.90 Å². The van der Waals surface area contributed by atoms with Crippen LogP contribution in [0.2, 0.25) is 0 Å². The molecule has 1 heterocycles. The van der Waals surface area contributed by atoms with E-state index in [9.17, 15) is 29.8 Å². The number of halogens is 1. The zero-order valence-electron chi connectivity index (χ0n) is 19.0. The number of non-ortho nitro benzene ring substituents is 1. The van der Waals surface area contributed by atoms with E-state index in [-0.39, 0.29) is 28.7 Å². The standard InChI is InChI=1S/C24H16BrN3O8S/c1-35-20-8-4-15(10-21(20)36-19-9-7-17(27(31)32)12-18(19)28(33)34)11-22-23(29)26(24(30)37-22)13-14-2-5-16(25)6-3-14/h2-12H,13H2,1H3/b22-11-. The number of hydrogen-bond donors (Lipinski definition) is 0. The number of nitro benzene ring substituents is 2. The van der Waals surface area contributed by atoms with E-state index >= 15 is 0 Å². The molecule has 0 bridgehead atoms. The highest BCUT2D eigenvalue weighted by Gasteiger charge is 2.35. The lowest BCUT2D eigenvalue weighted by Gasteiger charge is -2.12. The van der Waals surface area contributed by atoms with E-state index in [1.165, 1.54) is 25.3 Å². The lowest BCUT2D eigenvalue weighted by atomic mass is 10.1.